The second-order valence-corrected chi connectivity index (χ2v) is 10.1. The highest BCUT2D eigenvalue weighted by molar-refractivity contribution is 7.99. The second kappa shape index (κ2) is 9.84. The van der Waals surface area contributed by atoms with E-state index < -0.39 is 10.0 Å². The predicted octanol–water partition coefficient (Wildman–Crippen LogP) is 3.54. The van der Waals surface area contributed by atoms with Gasteiger partial charge < -0.3 is 9.47 Å². The van der Waals surface area contributed by atoms with Crippen molar-refractivity contribution in [3.05, 3.63) is 53.6 Å². The molecular weight excluding hydrogens is 432 g/mol. The van der Waals surface area contributed by atoms with Crippen LogP contribution in [0.2, 0.25) is 0 Å². The lowest BCUT2D eigenvalue weighted by Crippen LogP contribution is -2.27. The molecule has 166 valence electrons. The minimum Gasteiger partial charge on any atom is -0.341 e. The van der Waals surface area contributed by atoms with Crippen molar-refractivity contribution in [1.29, 1.82) is 0 Å². The summed E-state index contributed by atoms with van der Waals surface area (Å²) in [6, 6.07) is 12.8. The quantitative estimate of drug-likeness (QED) is 0.493. The van der Waals surface area contributed by atoms with Gasteiger partial charge in [-0.15, -0.1) is 0 Å². The Labute approximate surface area is 187 Å². The molecule has 0 fully saturated rings. The van der Waals surface area contributed by atoms with Crippen molar-refractivity contribution in [2.75, 3.05) is 12.8 Å². The zero-order valence-electron chi connectivity index (χ0n) is 18.0. The summed E-state index contributed by atoms with van der Waals surface area (Å²) in [5.74, 6) is 0.254. The molecule has 7 nitrogen and oxygen atoms in total. The molecule has 0 saturated carbocycles. The van der Waals surface area contributed by atoms with Crippen molar-refractivity contribution in [2.24, 2.45) is 5.14 Å². The summed E-state index contributed by atoms with van der Waals surface area (Å²) in [5.41, 5.74) is 3.66. The molecule has 0 atom stereocenters. The number of rotatable bonds is 9. The van der Waals surface area contributed by atoms with Crippen molar-refractivity contribution in [2.45, 2.75) is 49.8 Å². The molecule has 2 aromatic carbocycles. The van der Waals surface area contributed by atoms with E-state index in [0.717, 1.165) is 30.5 Å². The summed E-state index contributed by atoms with van der Waals surface area (Å²) in [5, 5.41) is 5.96. The van der Waals surface area contributed by atoms with Crippen LogP contribution < -0.4 is 5.14 Å². The van der Waals surface area contributed by atoms with E-state index in [2.05, 4.69) is 11.9 Å². The normalized spacial score (nSPS) is 11.7. The lowest BCUT2D eigenvalue weighted by Gasteiger charge is -2.17. The Hall–Kier alpha value is -2.36. The Bertz CT molecular complexity index is 1170. The van der Waals surface area contributed by atoms with Crippen LogP contribution in [0.5, 0.6) is 0 Å². The number of benzene rings is 2. The van der Waals surface area contributed by atoms with Crippen LogP contribution in [0.4, 0.5) is 0 Å². The molecule has 2 N–H and O–H groups in total. The number of unbranched alkanes of at least 4 members (excludes halogenated alkanes) is 1. The molecular formula is C22H28N4O3S2. The molecule has 31 heavy (non-hydrogen) atoms. The summed E-state index contributed by atoms with van der Waals surface area (Å²) in [4.78, 5) is 19.0. The average Bonchev–Trinajstić information content (AvgIpc) is 3.08. The molecule has 0 aliphatic carbocycles. The fraction of sp³-hybridized carbons (Fsp3) is 0.364. The highest BCUT2D eigenvalue weighted by Gasteiger charge is 2.17. The molecule has 0 saturated heterocycles. The summed E-state index contributed by atoms with van der Waals surface area (Å²) < 4.78 is 25.4. The third-order valence-corrected chi connectivity index (χ3v) is 6.91. The van der Waals surface area contributed by atoms with Gasteiger partial charge in [0.25, 0.3) is 0 Å². The first-order valence-corrected chi connectivity index (χ1v) is 12.7. The Kier molecular flexibility index (Phi) is 7.40. The Balaban J connectivity index is 1.77. The van der Waals surface area contributed by atoms with E-state index in [-0.39, 0.29) is 16.6 Å². The van der Waals surface area contributed by atoms with Crippen molar-refractivity contribution in [3.63, 3.8) is 0 Å². The first-order valence-electron chi connectivity index (χ1n) is 10.1. The first-order chi connectivity index (χ1) is 14.7. The van der Waals surface area contributed by atoms with E-state index >= 15 is 0 Å². The number of aromatic nitrogens is 2. The maximum atomic E-state index is 12.7. The monoisotopic (exact) mass is 460 g/mol. The number of sulfonamides is 1. The maximum Gasteiger partial charge on any atom is 0.238 e. The number of nitrogens with two attached hydrogens (primary N) is 1. The molecule has 0 aliphatic rings. The number of carbonyl (C=O) groups excluding carboxylic acids is 1. The van der Waals surface area contributed by atoms with E-state index in [9.17, 15) is 13.2 Å². The number of aryl methyl sites for hydroxylation is 2. The van der Waals surface area contributed by atoms with Crippen molar-refractivity contribution >= 4 is 38.7 Å². The number of carbonyl (C=O) groups is 1. The van der Waals surface area contributed by atoms with Crippen LogP contribution in [-0.2, 0) is 27.9 Å². The van der Waals surface area contributed by atoms with Gasteiger partial charge in [-0.1, -0.05) is 54.9 Å². The average molecular weight is 461 g/mol. The van der Waals surface area contributed by atoms with E-state index in [0.29, 0.717) is 17.2 Å². The maximum absolute atomic E-state index is 12.7. The summed E-state index contributed by atoms with van der Waals surface area (Å²) in [6.45, 7) is 5.43. The van der Waals surface area contributed by atoms with E-state index in [4.69, 9.17) is 5.14 Å². The summed E-state index contributed by atoms with van der Waals surface area (Å²) in [6.07, 6.45) is 1.97. The smallest absolute Gasteiger partial charge is 0.238 e. The van der Waals surface area contributed by atoms with Crippen LogP contribution in [0.1, 0.15) is 30.9 Å². The van der Waals surface area contributed by atoms with Crippen LogP contribution >= 0.6 is 11.8 Å². The topological polar surface area (TPSA) is 98.3 Å². The fourth-order valence-corrected chi connectivity index (χ4v) is 4.71. The summed E-state index contributed by atoms with van der Waals surface area (Å²) in [7, 11) is -2.01. The molecule has 3 rings (SSSR count). The number of primary sulfonamides is 1. The lowest BCUT2D eigenvalue weighted by molar-refractivity contribution is -0.127. The van der Waals surface area contributed by atoms with Crippen LogP contribution in [0.15, 0.2) is 52.5 Å². The van der Waals surface area contributed by atoms with Crippen LogP contribution in [0, 0.1) is 6.92 Å². The predicted molar refractivity (Wildman–Crippen MR) is 124 cm³/mol. The third-order valence-electron chi connectivity index (χ3n) is 5.04. The highest BCUT2D eigenvalue weighted by Crippen LogP contribution is 2.27. The minimum atomic E-state index is -3.80. The van der Waals surface area contributed by atoms with Gasteiger partial charge in [-0.3, -0.25) is 4.79 Å². The van der Waals surface area contributed by atoms with Gasteiger partial charge in [-0.2, -0.15) is 0 Å². The third kappa shape index (κ3) is 5.87. The zero-order chi connectivity index (χ0) is 22.6. The van der Waals surface area contributed by atoms with E-state index in [1.54, 1.807) is 18.0 Å². The largest absolute Gasteiger partial charge is 0.341 e. The first kappa shape index (κ1) is 23.3. The lowest BCUT2D eigenvalue weighted by atomic mass is 10.1. The SMILES string of the molecule is CCCCn1c(SCC(=O)N(C)Cc2ccc(C)cc2)nc2cc(S(N)(=O)=O)ccc21. The molecule has 0 unspecified atom stereocenters. The van der Waals surface area contributed by atoms with Crippen molar-refractivity contribution < 1.29 is 13.2 Å². The second-order valence-electron chi connectivity index (χ2n) is 7.62. The van der Waals surface area contributed by atoms with E-state index in [1.807, 2.05) is 35.8 Å². The molecule has 0 spiro atoms. The number of imidazole rings is 1. The zero-order valence-corrected chi connectivity index (χ0v) is 19.7. The van der Waals surface area contributed by atoms with Gasteiger partial charge in [-0.25, -0.2) is 18.5 Å². The van der Waals surface area contributed by atoms with Gasteiger partial charge in [0.05, 0.1) is 21.7 Å². The number of amides is 1. The highest BCUT2D eigenvalue weighted by atomic mass is 32.2. The molecule has 1 amide bonds. The van der Waals surface area contributed by atoms with Crippen LogP contribution in [0.3, 0.4) is 0 Å². The van der Waals surface area contributed by atoms with Gasteiger partial charge in [0.2, 0.25) is 15.9 Å². The van der Waals surface area contributed by atoms with E-state index in [1.165, 1.54) is 29.5 Å². The Morgan fingerprint density at radius 1 is 1.19 bits per heavy atom. The molecule has 9 heteroatoms. The molecule has 1 heterocycles. The minimum absolute atomic E-state index is 0.00453. The van der Waals surface area contributed by atoms with Crippen LogP contribution in [0.25, 0.3) is 11.0 Å². The Morgan fingerprint density at radius 2 is 1.90 bits per heavy atom. The molecule has 0 bridgehead atoms. The fourth-order valence-electron chi connectivity index (χ4n) is 3.20. The number of fused-ring (bicyclic) bond motifs is 1. The summed E-state index contributed by atoms with van der Waals surface area (Å²) >= 11 is 1.37. The molecule has 1 aromatic heterocycles. The van der Waals surface area contributed by atoms with Gasteiger partial charge in [0.1, 0.15) is 0 Å². The van der Waals surface area contributed by atoms with Gasteiger partial charge >= 0.3 is 0 Å². The molecule has 0 aliphatic heterocycles. The van der Waals surface area contributed by atoms with Crippen LogP contribution in [-0.4, -0.2) is 41.6 Å². The van der Waals surface area contributed by atoms with Gasteiger partial charge in [0.15, 0.2) is 5.16 Å². The van der Waals surface area contributed by atoms with Crippen molar-refractivity contribution in [1.82, 2.24) is 14.5 Å². The number of thioether (sulfide) groups is 1. The number of hydrogen-bond donors (Lipinski definition) is 1. The molecule has 0 radical (unpaired) electrons. The van der Waals surface area contributed by atoms with Gasteiger partial charge in [0, 0.05) is 20.1 Å². The Morgan fingerprint density at radius 3 is 2.55 bits per heavy atom. The standard InChI is InChI=1S/C22H28N4O3S2/c1-4-5-12-26-20-11-10-18(31(23,28)29)13-19(20)24-22(26)30-15-21(27)25(3)14-17-8-6-16(2)7-9-17/h6-11,13H,4-5,12,14-15H2,1-3H3,(H2,23,28,29). The van der Waals surface area contributed by atoms with Gasteiger partial charge in [-0.05, 0) is 37.1 Å². The number of nitrogens with zero attached hydrogens (tertiary/aromatic N) is 3. The van der Waals surface area contributed by atoms with Crippen molar-refractivity contribution in [3.8, 4) is 0 Å². The molecule has 3 aromatic rings. The number of hydrogen-bond acceptors (Lipinski definition) is 5.